The van der Waals surface area contributed by atoms with Gasteiger partial charge in [0.1, 0.15) is 5.69 Å². The van der Waals surface area contributed by atoms with Crippen LogP contribution in [0.1, 0.15) is 5.69 Å². The van der Waals surface area contributed by atoms with E-state index in [1.54, 1.807) is 0 Å². The highest BCUT2D eigenvalue weighted by Crippen LogP contribution is 2.21. The van der Waals surface area contributed by atoms with Crippen LogP contribution < -0.4 is 10.6 Å². The third kappa shape index (κ3) is 0.972. The van der Waals surface area contributed by atoms with E-state index >= 15 is 0 Å². The van der Waals surface area contributed by atoms with E-state index in [-0.39, 0.29) is 0 Å². The summed E-state index contributed by atoms with van der Waals surface area (Å²) in [6, 6.07) is 0. The molecule has 0 fully saturated rings. The van der Waals surface area contributed by atoms with Crippen LogP contribution in [0, 0.1) is 0 Å². The van der Waals surface area contributed by atoms with Gasteiger partial charge in [0.2, 0.25) is 0 Å². The Kier molecular flexibility index (Phi) is 1.73. The van der Waals surface area contributed by atoms with Crippen molar-refractivity contribution >= 4 is 5.82 Å². The van der Waals surface area contributed by atoms with Crippen LogP contribution in [-0.2, 0) is 13.0 Å². The van der Waals surface area contributed by atoms with Crippen molar-refractivity contribution in [3.8, 4) is 0 Å². The molecule has 0 radical (unpaired) electrons. The summed E-state index contributed by atoms with van der Waals surface area (Å²) in [4.78, 5) is 2.17. The van der Waals surface area contributed by atoms with Gasteiger partial charge in [-0.25, -0.2) is 4.68 Å². The Hall–Kier alpha value is -1.10. The van der Waals surface area contributed by atoms with Gasteiger partial charge in [-0.1, -0.05) is 5.21 Å². The Morgan fingerprint density at radius 2 is 2.33 bits per heavy atom. The molecule has 0 spiro atoms. The zero-order chi connectivity index (χ0) is 8.55. The fourth-order valence-corrected chi connectivity index (χ4v) is 1.56. The van der Waals surface area contributed by atoms with Crippen molar-refractivity contribution in [2.24, 2.45) is 5.73 Å². The average molecular weight is 167 g/mol. The summed E-state index contributed by atoms with van der Waals surface area (Å²) >= 11 is 0. The van der Waals surface area contributed by atoms with E-state index in [2.05, 4.69) is 22.3 Å². The van der Waals surface area contributed by atoms with Crippen molar-refractivity contribution in [1.29, 1.82) is 0 Å². The van der Waals surface area contributed by atoms with Gasteiger partial charge in [0, 0.05) is 20.0 Å². The number of likely N-dealkylation sites (N-methyl/N-ethyl adjacent to an activating group) is 1. The SMILES string of the molecule is CN1CCn2nnc(CCN)c21. The number of aromatic nitrogens is 3. The first-order chi connectivity index (χ1) is 5.83. The van der Waals surface area contributed by atoms with E-state index in [9.17, 15) is 0 Å². The van der Waals surface area contributed by atoms with Crippen LogP contribution in [0.15, 0.2) is 0 Å². The molecular weight excluding hydrogens is 154 g/mol. The molecule has 1 aromatic heterocycles. The van der Waals surface area contributed by atoms with Crippen LogP contribution >= 0.6 is 0 Å². The minimum Gasteiger partial charge on any atom is -0.356 e. The Bertz CT molecular complexity index is 279. The molecule has 1 aliphatic heterocycles. The molecule has 2 rings (SSSR count). The van der Waals surface area contributed by atoms with Gasteiger partial charge in [0.25, 0.3) is 0 Å². The summed E-state index contributed by atoms with van der Waals surface area (Å²) in [5.41, 5.74) is 6.49. The molecule has 0 unspecified atom stereocenters. The summed E-state index contributed by atoms with van der Waals surface area (Å²) < 4.78 is 1.94. The molecule has 0 saturated carbocycles. The standard InChI is InChI=1S/C7H13N5/c1-11-4-5-12-7(11)6(2-3-8)9-10-12/h2-5,8H2,1H3. The largest absolute Gasteiger partial charge is 0.356 e. The number of hydrogen-bond donors (Lipinski definition) is 1. The van der Waals surface area contributed by atoms with Gasteiger partial charge in [0.15, 0.2) is 5.82 Å². The average Bonchev–Trinajstić information content (AvgIpc) is 2.58. The van der Waals surface area contributed by atoms with Gasteiger partial charge in [-0.15, -0.1) is 5.10 Å². The number of rotatable bonds is 2. The highest BCUT2D eigenvalue weighted by molar-refractivity contribution is 5.45. The van der Waals surface area contributed by atoms with Crippen LogP contribution in [0.5, 0.6) is 0 Å². The highest BCUT2D eigenvalue weighted by Gasteiger charge is 2.21. The highest BCUT2D eigenvalue weighted by atomic mass is 15.5. The molecule has 0 atom stereocenters. The maximum Gasteiger partial charge on any atom is 0.150 e. The molecule has 66 valence electrons. The molecule has 0 aliphatic carbocycles. The Morgan fingerprint density at radius 1 is 1.50 bits per heavy atom. The molecule has 0 bridgehead atoms. The van der Waals surface area contributed by atoms with Gasteiger partial charge >= 0.3 is 0 Å². The second kappa shape index (κ2) is 2.75. The minimum absolute atomic E-state index is 0.638. The van der Waals surface area contributed by atoms with Crippen LogP contribution in [-0.4, -0.2) is 35.1 Å². The first-order valence-electron chi connectivity index (χ1n) is 4.16. The number of nitrogens with zero attached hydrogens (tertiary/aromatic N) is 4. The summed E-state index contributed by atoms with van der Waals surface area (Å²) in [5, 5.41) is 8.10. The number of hydrogen-bond acceptors (Lipinski definition) is 4. The molecule has 5 nitrogen and oxygen atoms in total. The molecular formula is C7H13N5. The van der Waals surface area contributed by atoms with Crippen molar-refractivity contribution < 1.29 is 0 Å². The maximum absolute atomic E-state index is 5.46. The molecule has 2 N–H and O–H groups in total. The lowest BCUT2D eigenvalue weighted by atomic mass is 10.3. The quantitative estimate of drug-likeness (QED) is 0.628. The van der Waals surface area contributed by atoms with E-state index in [4.69, 9.17) is 5.73 Å². The normalized spacial score (nSPS) is 15.3. The third-order valence-electron chi connectivity index (χ3n) is 2.17. The predicted molar refractivity (Wildman–Crippen MR) is 46.1 cm³/mol. The van der Waals surface area contributed by atoms with Crippen molar-refractivity contribution in [3.05, 3.63) is 5.69 Å². The van der Waals surface area contributed by atoms with Crippen LogP contribution in [0.2, 0.25) is 0 Å². The lowest BCUT2D eigenvalue weighted by Gasteiger charge is -2.09. The topological polar surface area (TPSA) is 60.0 Å². The molecule has 0 saturated heterocycles. The lowest BCUT2D eigenvalue weighted by molar-refractivity contribution is 0.648. The fraction of sp³-hybridized carbons (Fsp3) is 0.714. The van der Waals surface area contributed by atoms with Gasteiger partial charge < -0.3 is 10.6 Å². The molecule has 1 aromatic rings. The molecule has 2 heterocycles. The van der Waals surface area contributed by atoms with E-state index in [1.807, 2.05) is 4.68 Å². The Morgan fingerprint density at radius 3 is 3.08 bits per heavy atom. The van der Waals surface area contributed by atoms with Gasteiger partial charge in [-0.05, 0) is 6.54 Å². The first kappa shape index (κ1) is 7.54. The van der Waals surface area contributed by atoms with Gasteiger partial charge in [-0.2, -0.15) is 0 Å². The van der Waals surface area contributed by atoms with Gasteiger partial charge in [-0.3, -0.25) is 0 Å². The zero-order valence-corrected chi connectivity index (χ0v) is 7.19. The van der Waals surface area contributed by atoms with Crippen molar-refractivity contribution in [3.63, 3.8) is 0 Å². The third-order valence-corrected chi connectivity index (χ3v) is 2.17. The Balaban J connectivity index is 2.32. The monoisotopic (exact) mass is 167 g/mol. The molecule has 5 heteroatoms. The molecule has 12 heavy (non-hydrogen) atoms. The van der Waals surface area contributed by atoms with Crippen LogP contribution in [0.4, 0.5) is 5.82 Å². The zero-order valence-electron chi connectivity index (χ0n) is 7.19. The van der Waals surface area contributed by atoms with Crippen molar-refractivity contribution in [1.82, 2.24) is 15.0 Å². The molecule has 0 amide bonds. The van der Waals surface area contributed by atoms with E-state index in [0.717, 1.165) is 31.0 Å². The van der Waals surface area contributed by atoms with E-state index in [0.29, 0.717) is 6.54 Å². The Labute approximate surface area is 71.1 Å². The number of nitrogens with two attached hydrogens (primary N) is 1. The summed E-state index contributed by atoms with van der Waals surface area (Å²) in [7, 11) is 2.06. The van der Waals surface area contributed by atoms with E-state index in [1.165, 1.54) is 0 Å². The van der Waals surface area contributed by atoms with Gasteiger partial charge in [0.05, 0.1) is 6.54 Å². The second-order valence-electron chi connectivity index (χ2n) is 3.04. The summed E-state index contributed by atoms with van der Waals surface area (Å²) in [6.45, 7) is 2.62. The first-order valence-corrected chi connectivity index (χ1v) is 4.16. The van der Waals surface area contributed by atoms with Crippen LogP contribution in [0.25, 0.3) is 0 Å². The number of anilines is 1. The molecule has 0 aromatic carbocycles. The summed E-state index contributed by atoms with van der Waals surface area (Å²) in [5.74, 6) is 1.14. The summed E-state index contributed by atoms with van der Waals surface area (Å²) in [6.07, 6.45) is 0.819. The predicted octanol–water partition coefficient (Wildman–Crippen LogP) is -0.771. The van der Waals surface area contributed by atoms with E-state index < -0.39 is 0 Å². The van der Waals surface area contributed by atoms with Crippen molar-refractivity contribution in [2.75, 3.05) is 25.0 Å². The smallest absolute Gasteiger partial charge is 0.150 e. The second-order valence-corrected chi connectivity index (χ2v) is 3.04. The fourth-order valence-electron chi connectivity index (χ4n) is 1.56. The van der Waals surface area contributed by atoms with Crippen LogP contribution in [0.3, 0.4) is 0 Å². The minimum atomic E-state index is 0.638. The lowest BCUT2D eigenvalue weighted by Crippen LogP contribution is -2.15. The molecule has 1 aliphatic rings. The number of fused-ring (bicyclic) bond motifs is 1. The van der Waals surface area contributed by atoms with Crippen molar-refractivity contribution in [2.45, 2.75) is 13.0 Å². The maximum atomic E-state index is 5.46.